The first-order valence-corrected chi connectivity index (χ1v) is 7.63. The van der Waals surface area contributed by atoms with Gasteiger partial charge in [0.1, 0.15) is 0 Å². The Labute approximate surface area is 151 Å². The molecule has 0 atom stereocenters. The summed E-state index contributed by atoms with van der Waals surface area (Å²) in [7, 11) is 0. The molecular formula is Mn3O12Y2. The zero-order valence-corrected chi connectivity index (χ0v) is 16.4. The molecule has 17 heavy (non-hydrogen) atoms. The van der Waals surface area contributed by atoms with Gasteiger partial charge in [0.15, 0.2) is 0 Å². The summed E-state index contributed by atoms with van der Waals surface area (Å²) >= 11 is -16.9. The van der Waals surface area contributed by atoms with E-state index in [4.69, 9.17) is 48.1 Å². The van der Waals surface area contributed by atoms with E-state index in [-0.39, 0.29) is 65.4 Å². The van der Waals surface area contributed by atoms with Crippen molar-refractivity contribution in [3.63, 3.8) is 0 Å². The van der Waals surface area contributed by atoms with Crippen LogP contribution in [0.15, 0.2) is 0 Å². The third-order valence-corrected chi connectivity index (χ3v) is 0. The van der Waals surface area contributed by atoms with E-state index < -0.39 is 40.1 Å². The fourth-order valence-electron chi connectivity index (χ4n) is 0. The van der Waals surface area contributed by atoms with Gasteiger partial charge in [-0.2, -0.15) is 0 Å². The van der Waals surface area contributed by atoms with Crippen molar-refractivity contribution >= 4 is 0 Å². The summed E-state index contributed by atoms with van der Waals surface area (Å²) in [6.07, 6.45) is 0. The normalized spacial score (nSPS) is 10.2. The van der Waals surface area contributed by atoms with Crippen LogP contribution in [0.3, 0.4) is 0 Å². The van der Waals surface area contributed by atoms with Crippen LogP contribution in [0.1, 0.15) is 0 Å². The van der Waals surface area contributed by atoms with E-state index in [1.165, 1.54) is 0 Å². The molecule has 0 aliphatic heterocycles. The van der Waals surface area contributed by atoms with Crippen LogP contribution in [0.4, 0.5) is 0 Å². The Balaban J connectivity index is -0.0000000400. The van der Waals surface area contributed by atoms with E-state index in [1.807, 2.05) is 0 Å². The molecular weight excluding hydrogens is 535 g/mol. The van der Waals surface area contributed by atoms with Crippen LogP contribution in [0.25, 0.3) is 0 Å². The molecule has 0 rings (SSSR count). The van der Waals surface area contributed by atoms with Crippen LogP contribution < -0.4 is 25.1 Å². The van der Waals surface area contributed by atoms with Crippen molar-refractivity contribution in [2.75, 3.05) is 0 Å². The SMILES string of the molecule is [O]=[Mn](=[O])([O-])[O-].[O]=[Mn](=[O])([O-])[O-].[O]=[Mn](=[O])([O-])[O-].[Y+3].[Y+3]. The van der Waals surface area contributed by atoms with Crippen molar-refractivity contribution in [2.45, 2.75) is 0 Å². The maximum atomic E-state index is 8.58. The van der Waals surface area contributed by atoms with Crippen LogP contribution in [0.5, 0.6) is 0 Å². The summed E-state index contributed by atoms with van der Waals surface area (Å²) in [5, 5.41) is 0. The van der Waals surface area contributed by atoms with Crippen LogP contribution in [-0.2, 0) is 129 Å². The van der Waals surface area contributed by atoms with Gasteiger partial charge >= 0.3 is 154 Å². The van der Waals surface area contributed by atoms with E-state index in [0.29, 0.717) is 0 Å². The molecule has 0 aliphatic carbocycles. The Morgan fingerprint density at radius 2 is 0.412 bits per heavy atom. The molecule has 0 spiro atoms. The van der Waals surface area contributed by atoms with Gasteiger partial charge in [0.05, 0.1) is 0 Å². The van der Waals surface area contributed by atoms with Gasteiger partial charge in [0.25, 0.3) is 0 Å². The molecule has 0 fully saturated rings. The number of hydrogen-bond donors (Lipinski definition) is 0. The molecule has 0 N–H and O–H groups in total. The first-order valence-electron chi connectivity index (χ1n) is 1.85. The van der Waals surface area contributed by atoms with E-state index in [0.717, 1.165) is 0 Å². The van der Waals surface area contributed by atoms with Gasteiger partial charge in [-0.1, -0.05) is 0 Å². The van der Waals surface area contributed by atoms with Crippen molar-refractivity contribution < 1.29 is 154 Å². The van der Waals surface area contributed by atoms with Crippen molar-refractivity contribution in [1.82, 2.24) is 0 Å². The van der Waals surface area contributed by atoms with Crippen LogP contribution in [-0.4, -0.2) is 0 Å². The van der Waals surface area contributed by atoms with Gasteiger partial charge in [-0.3, -0.25) is 0 Å². The standard InChI is InChI=1S/3Mn.12O.2Y/q;;;;;;;;;6*-1;2*+3. The molecule has 0 amide bonds. The third kappa shape index (κ3) is 903. The molecule has 17 heteroatoms. The molecule has 0 unspecified atom stereocenters. The summed E-state index contributed by atoms with van der Waals surface area (Å²) in [5.41, 5.74) is 0. The molecule has 0 aromatic heterocycles. The quantitative estimate of drug-likeness (QED) is 0.263. The minimum atomic E-state index is -5.62. The first-order chi connectivity index (χ1) is 6.00. The maximum Gasteiger partial charge on any atom is 3.00 e. The molecule has 0 radical (unpaired) electrons. The number of hydrogen-bond acceptors (Lipinski definition) is 12. The Bertz CT molecular complexity index is 341. The van der Waals surface area contributed by atoms with Gasteiger partial charge in [-0.25, -0.2) is 0 Å². The van der Waals surface area contributed by atoms with Gasteiger partial charge in [0, 0.05) is 0 Å². The molecule has 99 valence electrons. The predicted molar refractivity (Wildman–Crippen MR) is 4.12 cm³/mol. The Morgan fingerprint density at radius 3 is 0.412 bits per heavy atom. The van der Waals surface area contributed by atoms with E-state index in [1.54, 1.807) is 0 Å². The minimum absolute atomic E-state index is 0. The second-order valence-corrected chi connectivity index (χ2v) is 4.68. The van der Waals surface area contributed by atoms with Gasteiger partial charge in [-0.15, -0.1) is 0 Å². The second-order valence-electron chi connectivity index (χ2n) is 1.13. The topological polar surface area (TPSA) is 241 Å². The summed E-state index contributed by atoms with van der Waals surface area (Å²) in [6.45, 7) is 0. The monoisotopic (exact) mass is 535 g/mol. The summed E-state index contributed by atoms with van der Waals surface area (Å²) in [5.74, 6) is 0. The van der Waals surface area contributed by atoms with Crippen molar-refractivity contribution in [3.8, 4) is 0 Å². The maximum absolute atomic E-state index is 8.58. The second kappa shape index (κ2) is 13.3. The minimum Gasteiger partial charge on any atom is 3.00 e. The van der Waals surface area contributed by atoms with Crippen molar-refractivity contribution in [2.24, 2.45) is 0 Å². The van der Waals surface area contributed by atoms with Crippen molar-refractivity contribution in [3.05, 3.63) is 0 Å². The Kier molecular flexibility index (Phi) is 24.8. The predicted octanol–water partition coefficient (Wildman–Crippen LogP) is -7.86. The van der Waals surface area contributed by atoms with Gasteiger partial charge in [-0.05, 0) is 0 Å². The molecule has 0 heterocycles. The van der Waals surface area contributed by atoms with E-state index in [2.05, 4.69) is 0 Å². The average Bonchev–Trinajstić information content (AvgIpc) is 1.41. The van der Waals surface area contributed by atoms with Crippen LogP contribution >= 0.6 is 0 Å². The first kappa shape index (κ1) is 31.6. The average molecular weight is 535 g/mol. The summed E-state index contributed by atoms with van der Waals surface area (Å²) in [6, 6.07) is 0. The fraction of sp³-hybridized carbons (Fsp3) is 0. The summed E-state index contributed by atoms with van der Waals surface area (Å²) < 4.78 is 103. The largest absolute Gasteiger partial charge is 3.00 e. The van der Waals surface area contributed by atoms with Gasteiger partial charge < -0.3 is 0 Å². The zero-order valence-electron chi connectivity index (χ0n) is 7.19. The molecule has 12 nitrogen and oxygen atoms in total. The van der Waals surface area contributed by atoms with E-state index >= 15 is 0 Å². The third-order valence-electron chi connectivity index (χ3n) is 0. The molecule has 0 saturated heterocycles. The Morgan fingerprint density at radius 1 is 0.412 bits per heavy atom. The zero-order chi connectivity index (χ0) is 13.5. The van der Waals surface area contributed by atoms with Gasteiger partial charge in [0.2, 0.25) is 0 Å². The Hall–Kier alpha value is 2.33. The smallest absolute Gasteiger partial charge is 3.00 e. The molecule has 0 bridgehead atoms. The molecule has 0 aromatic rings. The number of rotatable bonds is 0. The van der Waals surface area contributed by atoms with Crippen LogP contribution in [0, 0.1) is 0 Å². The van der Waals surface area contributed by atoms with Crippen LogP contribution in [0.2, 0.25) is 0 Å². The molecule has 0 aliphatic rings. The molecule has 0 aromatic carbocycles. The summed E-state index contributed by atoms with van der Waals surface area (Å²) in [4.78, 5) is 0. The molecule has 0 saturated carbocycles. The fourth-order valence-corrected chi connectivity index (χ4v) is 0. The van der Waals surface area contributed by atoms with Crippen molar-refractivity contribution in [1.29, 1.82) is 0 Å². The van der Waals surface area contributed by atoms with E-state index in [9.17, 15) is 0 Å².